The lowest BCUT2D eigenvalue weighted by Crippen LogP contribution is -2.46. The summed E-state index contributed by atoms with van der Waals surface area (Å²) in [4.78, 5) is 15.0. The van der Waals surface area contributed by atoms with Crippen LogP contribution in [0, 0.1) is 6.92 Å². The van der Waals surface area contributed by atoms with E-state index in [0.717, 1.165) is 35.8 Å². The SMILES string of the molecule is Cc1cc(Br)c2c(c1)CCC(CCc1ccccc1)N2C(=O)OC(C)(C)C. The number of hydrogen-bond donors (Lipinski definition) is 0. The van der Waals surface area contributed by atoms with Gasteiger partial charge in [0.05, 0.1) is 5.69 Å². The minimum Gasteiger partial charge on any atom is -0.443 e. The van der Waals surface area contributed by atoms with Crippen LogP contribution in [0.1, 0.15) is 50.3 Å². The fourth-order valence-corrected chi connectivity index (χ4v) is 4.51. The topological polar surface area (TPSA) is 29.5 Å². The molecule has 27 heavy (non-hydrogen) atoms. The first-order valence-corrected chi connectivity index (χ1v) is 10.4. The van der Waals surface area contributed by atoms with Gasteiger partial charge in [-0.3, -0.25) is 4.90 Å². The smallest absolute Gasteiger partial charge is 0.415 e. The Bertz CT molecular complexity index is 811. The summed E-state index contributed by atoms with van der Waals surface area (Å²) in [5.41, 5.74) is 4.17. The molecule has 0 fully saturated rings. The molecule has 2 aromatic rings. The highest BCUT2D eigenvalue weighted by atomic mass is 79.9. The zero-order valence-electron chi connectivity index (χ0n) is 16.6. The number of hydrogen-bond acceptors (Lipinski definition) is 2. The molecular formula is C23H28BrNO2. The Morgan fingerprint density at radius 2 is 1.93 bits per heavy atom. The number of carbonyl (C=O) groups excluding carboxylic acids is 1. The van der Waals surface area contributed by atoms with Gasteiger partial charge in [-0.1, -0.05) is 36.4 Å². The highest BCUT2D eigenvalue weighted by Gasteiger charge is 2.35. The van der Waals surface area contributed by atoms with Gasteiger partial charge >= 0.3 is 6.09 Å². The summed E-state index contributed by atoms with van der Waals surface area (Å²) in [5, 5.41) is 0. The molecule has 0 aromatic heterocycles. The van der Waals surface area contributed by atoms with Crippen LogP contribution in [0.15, 0.2) is 46.9 Å². The van der Waals surface area contributed by atoms with Crippen molar-refractivity contribution in [3.05, 3.63) is 63.6 Å². The molecule has 144 valence electrons. The van der Waals surface area contributed by atoms with Crippen LogP contribution < -0.4 is 4.90 Å². The van der Waals surface area contributed by atoms with Crippen molar-refractivity contribution in [2.75, 3.05) is 4.90 Å². The number of anilines is 1. The Morgan fingerprint density at radius 1 is 1.22 bits per heavy atom. The summed E-state index contributed by atoms with van der Waals surface area (Å²) >= 11 is 3.70. The van der Waals surface area contributed by atoms with Crippen molar-refractivity contribution in [1.82, 2.24) is 0 Å². The van der Waals surface area contributed by atoms with Crippen molar-refractivity contribution < 1.29 is 9.53 Å². The van der Waals surface area contributed by atoms with Crippen LogP contribution in [-0.2, 0) is 17.6 Å². The molecule has 0 bridgehead atoms. The first-order valence-electron chi connectivity index (χ1n) is 9.60. The summed E-state index contributed by atoms with van der Waals surface area (Å²) in [6.45, 7) is 7.83. The lowest BCUT2D eigenvalue weighted by molar-refractivity contribution is 0.0558. The highest BCUT2D eigenvalue weighted by molar-refractivity contribution is 9.10. The Morgan fingerprint density at radius 3 is 2.59 bits per heavy atom. The van der Waals surface area contributed by atoms with E-state index in [1.807, 2.05) is 31.7 Å². The molecule has 0 aliphatic carbocycles. The molecule has 2 aromatic carbocycles. The van der Waals surface area contributed by atoms with E-state index in [0.29, 0.717) is 0 Å². The van der Waals surface area contributed by atoms with Gasteiger partial charge in [0.1, 0.15) is 5.60 Å². The minimum absolute atomic E-state index is 0.131. The normalized spacial score (nSPS) is 16.8. The summed E-state index contributed by atoms with van der Waals surface area (Å²) in [5.74, 6) is 0. The van der Waals surface area contributed by atoms with E-state index < -0.39 is 5.60 Å². The Hall–Kier alpha value is -1.81. The molecule has 4 heteroatoms. The van der Waals surface area contributed by atoms with Gasteiger partial charge in [0.2, 0.25) is 0 Å². The zero-order valence-corrected chi connectivity index (χ0v) is 18.2. The first kappa shape index (κ1) is 19.9. The van der Waals surface area contributed by atoms with Crippen molar-refractivity contribution in [2.24, 2.45) is 0 Å². The average molecular weight is 430 g/mol. The van der Waals surface area contributed by atoms with Crippen LogP contribution in [0.2, 0.25) is 0 Å². The van der Waals surface area contributed by atoms with Crippen LogP contribution >= 0.6 is 15.9 Å². The van der Waals surface area contributed by atoms with E-state index in [-0.39, 0.29) is 12.1 Å². The van der Waals surface area contributed by atoms with Crippen molar-refractivity contribution >= 4 is 27.7 Å². The number of aryl methyl sites for hydroxylation is 3. The van der Waals surface area contributed by atoms with Crippen LogP contribution in [0.25, 0.3) is 0 Å². The lowest BCUT2D eigenvalue weighted by atomic mass is 9.91. The van der Waals surface area contributed by atoms with Gasteiger partial charge in [0.25, 0.3) is 0 Å². The Kier molecular flexibility index (Phi) is 5.95. The van der Waals surface area contributed by atoms with Crippen LogP contribution in [-0.4, -0.2) is 17.7 Å². The average Bonchev–Trinajstić information content (AvgIpc) is 2.58. The molecule has 0 saturated carbocycles. The predicted molar refractivity (Wildman–Crippen MR) is 114 cm³/mol. The number of ether oxygens (including phenoxy) is 1. The maximum absolute atomic E-state index is 13.1. The maximum Gasteiger partial charge on any atom is 0.415 e. The monoisotopic (exact) mass is 429 g/mol. The van der Waals surface area contributed by atoms with E-state index in [4.69, 9.17) is 4.74 Å². The summed E-state index contributed by atoms with van der Waals surface area (Å²) < 4.78 is 6.73. The van der Waals surface area contributed by atoms with Crippen molar-refractivity contribution in [2.45, 2.75) is 65.0 Å². The van der Waals surface area contributed by atoms with Crippen molar-refractivity contribution in [3.63, 3.8) is 0 Å². The number of amides is 1. The maximum atomic E-state index is 13.1. The number of benzene rings is 2. The number of nitrogens with zero attached hydrogens (tertiary/aromatic N) is 1. The third-order valence-corrected chi connectivity index (χ3v) is 5.44. The van der Waals surface area contributed by atoms with Gasteiger partial charge in [-0.25, -0.2) is 4.79 Å². The number of fused-ring (bicyclic) bond motifs is 1. The third kappa shape index (κ3) is 4.92. The number of carbonyl (C=O) groups is 1. The molecule has 3 rings (SSSR count). The molecule has 0 N–H and O–H groups in total. The fourth-order valence-electron chi connectivity index (χ4n) is 3.70. The number of halogens is 1. The van der Waals surface area contributed by atoms with E-state index >= 15 is 0 Å². The highest BCUT2D eigenvalue weighted by Crippen LogP contribution is 2.40. The Balaban J connectivity index is 1.91. The van der Waals surface area contributed by atoms with Crippen molar-refractivity contribution in [1.29, 1.82) is 0 Å². The summed E-state index contributed by atoms with van der Waals surface area (Å²) in [6, 6.07) is 14.9. The largest absolute Gasteiger partial charge is 0.443 e. The van der Waals surface area contributed by atoms with Gasteiger partial charge in [-0.05, 0) is 92.1 Å². The van der Waals surface area contributed by atoms with Crippen LogP contribution in [0.5, 0.6) is 0 Å². The molecular weight excluding hydrogens is 402 g/mol. The molecule has 1 unspecified atom stereocenters. The van der Waals surface area contributed by atoms with Crippen LogP contribution in [0.4, 0.5) is 10.5 Å². The van der Waals surface area contributed by atoms with Gasteiger partial charge < -0.3 is 4.74 Å². The van der Waals surface area contributed by atoms with E-state index in [1.165, 1.54) is 16.7 Å². The lowest BCUT2D eigenvalue weighted by Gasteiger charge is -2.39. The Labute approximate surface area is 170 Å². The molecule has 1 aliphatic heterocycles. The molecule has 1 amide bonds. The van der Waals surface area contributed by atoms with E-state index in [1.54, 1.807) is 0 Å². The first-order chi connectivity index (χ1) is 12.7. The molecule has 3 nitrogen and oxygen atoms in total. The fraction of sp³-hybridized carbons (Fsp3) is 0.435. The summed E-state index contributed by atoms with van der Waals surface area (Å²) in [7, 11) is 0. The second kappa shape index (κ2) is 8.05. The zero-order chi connectivity index (χ0) is 19.6. The molecule has 0 radical (unpaired) electrons. The molecule has 1 aliphatic rings. The standard InChI is InChI=1S/C23H28BrNO2/c1-16-14-18-11-13-19(12-10-17-8-6-5-7-9-17)25(21(18)20(24)15-16)22(26)27-23(2,3)4/h5-9,14-15,19H,10-13H2,1-4H3. The van der Waals surface area contributed by atoms with E-state index in [9.17, 15) is 4.79 Å². The van der Waals surface area contributed by atoms with Crippen molar-refractivity contribution in [3.8, 4) is 0 Å². The summed E-state index contributed by atoms with van der Waals surface area (Å²) in [6.07, 6.45) is 3.54. The van der Waals surface area contributed by atoms with Gasteiger partial charge in [0, 0.05) is 10.5 Å². The second-order valence-corrected chi connectivity index (χ2v) is 9.18. The second-order valence-electron chi connectivity index (χ2n) is 8.32. The molecule has 0 spiro atoms. The van der Waals surface area contributed by atoms with Gasteiger partial charge in [0.15, 0.2) is 0 Å². The quantitative estimate of drug-likeness (QED) is 0.560. The minimum atomic E-state index is -0.518. The van der Waals surface area contributed by atoms with E-state index in [2.05, 4.69) is 59.3 Å². The predicted octanol–water partition coefficient (Wildman–Crippen LogP) is 6.45. The number of rotatable bonds is 3. The molecule has 1 atom stereocenters. The van der Waals surface area contributed by atoms with Gasteiger partial charge in [-0.15, -0.1) is 0 Å². The molecule has 1 heterocycles. The van der Waals surface area contributed by atoms with Gasteiger partial charge in [-0.2, -0.15) is 0 Å². The third-order valence-electron chi connectivity index (χ3n) is 4.84. The van der Waals surface area contributed by atoms with Crippen LogP contribution in [0.3, 0.4) is 0 Å². The molecule has 0 saturated heterocycles.